The molecule has 0 fully saturated rings. The van der Waals surface area contributed by atoms with E-state index in [4.69, 9.17) is 9.84 Å². The minimum Gasteiger partial charge on any atom is -0.496 e. The first kappa shape index (κ1) is 14.5. The average Bonchev–Trinajstić information content (AvgIpc) is 2.48. The van der Waals surface area contributed by atoms with Gasteiger partial charge in [0.25, 0.3) is 0 Å². The van der Waals surface area contributed by atoms with E-state index < -0.39 is 5.97 Å². The van der Waals surface area contributed by atoms with E-state index in [2.05, 4.69) is 10.3 Å². The molecular formula is C15H14N2O4. The fourth-order valence-corrected chi connectivity index (χ4v) is 1.85. The highest BCUT2D eigenvalue weighted by molar-refractivity contribution is 5.94. The predicted octanol–water partition coefficient (Wildman–Crippen LogP) is 1.97. The Kier molecular flexibility index (Phi) is 4.50. The Bertz CT molecular complexity index is 670. The van der Waals surface area contributed by atoms with Crippen molar-refractivity contribution in [1.29, 1.82) is 0 Å². The molecule has 0 spiro atoms. The molecule has 2 rings (SSSR count). The number of para-hydroxylation sites is 1. The van der Waals surface area contributed by atoms with Gasteiger partial charge in [-0.3, -0.25) is 4.79 Å². The molecule has 0 radical (unpaired) electrons. The molecule has 1 aromatic carbocycles. The Balaban J connectivity index is 2.08. The number of amides is 1. The number of ether oxygens (including phenoxy) is 1. The van der Waals surface area contributed by atoms with E-state index in [1.54, 1.807) is 19.2 Å². The molecule has 0 aliphatic carbocycles. The van der Waals surface area contributed by atoms with E-state index in [1.165, 1.54) is 18.3 Å². The van der Waals surface area contributed by atoms with Crippen LogP contribution in [0.1, 0.15) is 16.1 Å². The van der Waals surface area contributed by atoms with Crippen molar-refractivity contribution < 1.29 is 19.4 Å². The standard InChI is InChI=1S/C15H14N2O4/c1-21-13-5-3-2-4-10(13)8-14(18)17-11-6-7-16-12(9-11)15(19)20/h2-7,9H,8H2,1H3,(H,19,20)(H,16,17,18). The van der Waals surface area contributed by atoms with Gasteiger partial charge in [-0.25, -0.2) is 9.78 Å². The Hall–Kier alpha value is -2.89. The van der Waals surface area contributed by atoms with Gasteiger partial charge in [0.1, 0.15) is 11.4 Å². The molecule has 0 bridgehead atoms. The van der Waals surface area contributed by atoms with Crippen molar-refractivity contribution in [2.24, 2.45) is 0 Å². The van der Waals surface area contributed by atoms with Crippen LogP contribution in [-0.4, -0.2) is 29.1 Å². The first-order chi connectivity index (χ1) is 10.1. The van der Waals surface area contributed by atoms with Crippen molar-refractivity contribution in [1.82, 2.24) is 4.98 Å². The van der Waals surface area contributed by atoms with Crippen molar-refractivity contribution >= 4 is 17.6 Å². The van der Waals surface area contributed by atoms with Crippen LogP contribution in [0.5, 0.6) is 5.75 Å². The number of carbonyl (C=O) groups excluding carboxylic acids is 1. The lowest BCUT2D eigenvalue weighted by atomic mass is 10.1. The number of methoxy groups -OCH3 is 1. The molecule has 2 aromatic rings. The minimum absolute atomic E-state index is 0.120. The number of aromatic nitrogens is 1. The summed E-state index contributed by atoms with van der Waals surface area (Å²) in [7, 11) is 1.54. The summed E-state index contributed by atoms with van der Waals surface area (Å²) in [5.41, 5.74) is 1.03. The molecule has 1 heterocycles. The summed E-state index contributed by atoms with van der Waals surface area (Å²) in [6.45, 7) is 0. The number of rotatable bonds is 5. The van der Waals surface area contributed by atoms with Crippen LogP contribution in [0, 0.1) is 0 Å². The summed E-state index contributed by atoms with van der Waals surface area (Å²) >= 11 is 0. The number of anilines is 1. The monoisotopic (exact) mass is 286 g/mol. The van der Waals surface area contributed by atoms with E-state index in [0.717, 1.165) is 5.56 Å². The number of hydrogen-bond acceptors (Lipinski definition) is 4. The van der Waals surface area contributed by atoms with Crippen LogP contribution in [0.4, 0.5) is 5.69 Å². The zero-order valence-electron chi connectivity index (χ0n) is 11.4. The summed E-state index contributed by atoms with van der Waals surface area (Å²) in [6, 6.07) is 10.1. The van der Waals surface area contributed by atoms with Crippen LogP contribution in [0.3, 0.4) is 0 Å². The molecular weight excluding hydrogens is 272 g/mol. The lowest BCUT2D eigenvalue weighted by Gasteiger charge is -2.09. The summed E-state index contributed by atoms with van der Waals surface area (Å²) in [5, 5.41) is 11.5. The average molecular weight is 286 g/mol. The molecule has 2 N–H and O–H groups in total. The number of nitrogens with zero attached hydrogens (tertiary/aromatic N) is 1. The third kappa shape index (κ3) is 3.79. The van der Waals surface area contributed by atoms with Gasteiger partial charge in [0.2, 0.25) is 5.91 Å². The third-order valence-electron chi connectivity index (χ3n) is 2.81. The van der Waals surface area contributed by atoms with Crippen molar-refractivity contribution in [2.75, 3.05) is 12.4 Å². The highest BCUT2D eigenvalue weighted by atomic mass is 16.5. The smallest absolute Gasteiger partial charge is 0.354 e. The van der Waals surface area contributed by atoms with Gasteiger partial charge < -0.3 is 15.2 Å². The van der Waals surface area contributed by atoms with Gasteiger partial charge in [-0.1, -0.05) is 18.2 Å². The Morgan fingerprint density at radius 2 is 2.05 bits per heavy atom. The van der Waals surface area contributed by atoms with Crippen molar-refractivity contribution in [3.8, 4) is 5.75 Å². The van der Waals surface area contributed by atoms with Gasteiger partial charge >= 0.3 is 5.97 Å². The topological polar surface area (TPSA) is 88.5 Å². The lowest BCUT2D eigenvalue weighted by molar-refractivity contribution is -0.115. The van der Waals surface area contributed by atoms with Gasteiger partial charge in [0.05, 0.1) is 13.5 Å². The molecule has 21 heavy (non-hydrogen) atoms. The second kappa shape index (κ2) is 6.51. The second-order valence-corrected chi connectivity index (χ2v) is 4.27. The first-order valence-corrected chi connectivity index (χ1v) is 6.21. The molecule has 108 valence electrons. The molecule has 0 atom stereocenters. The largest absolute Gasteiger partial charge is 0.496 e. The second-order valence-electron chi connectivity index (χ2n) is 4.27. The van der Waals surface area contributed by atoms with Gasteiger partial charge in [-0.2, -0.15) is 0 Å². The number of pyridine rings is 1. The number of nitrogens with one attached hydrogen (secondary N) is 1. The molecule has 1 amide bonds. The van der Waals surface area contributed by atoms with E-state index in [1.807, 2.05) is 12.1 Å². The minimum atomic E-state index is -1.14. The number of carboxylic acids is 1. The predicted molar refractivity (Wildman–Crippen MR) is 76.5 cm³/mol. The van der Waals surface area contributed by atoms with E-state index in [9.17, 15) is 9.59 Å². The number of carbonyl (C=O) groups is 2. The summed E-state index contributed by atoms with van der Waals surface area (Å²) in [6.07, 6.45) is 1.47. The zero-order valence-corrected chi connectivity index (χ0v) is 11.4. The number of benzene rings is 1. The number of carboxylic acid groups (broad SMARTS) is 1. The van der Waals surface area contributed by atoms with Gasteiger partial charge in [-0.05, 0) is 18.2 Å². The highest BCUT2D eigenvalue weighted by Gasteiger charge is 2.10. The van der Waals surface area contributed by atoms with Gasteiger partial charge in [-0.15, -0.1) is 0 Å². The van der Waals surface area contributed by atoms with Crippen LogP contribution in [0.2, 0.25) is 0 Å². The molecule has 0 saturated carbocycles. The summed E-state index contributed by atoms with van der Waals surface area (Å²) in [5.74, 6) is -0.772. The van der Waals surface area contributed by atoms with Crippen molar-refractivity contribution in [3.63, 3.8) is 0 Å². The normalized spacial score (nSPS) is 9.95. The van der Waals surface area contributed by atoms with Crippen LogP contribution in [-0.2, 0) is 11.2 Å². The maximum atomic E-state index is 12.0. The third-order valence-corrected chi connectivity index (χ3v) is 2.81. The van der Waals surface area contributed by atoms with Gasteiger partial charge in [0, 0.05) is 17.4 Å². The fraction of sp³-hybridized carbons (Fsp3) is 0.133. The van der Waals surface area contributed by atoms with Crippen LogP contribution in [0.25, 0.3) is 0 Å². The lowest BCUT2D eigenvalue weighted by Crippen LogP contribution is -2.15. The molecule has 0 aliphatic heterocycles. The summed E-state index contributed by atoms with van der Waals surface area (Å²) in [4.78, 5) is 26.5. The van der Waals surface area contributed by atoms with Gasteiger partial charge in [0.15, 0.2) is 0 Å². The quantitative estimate of drug-likeness (QED) is 0.877. The molecule has 1 aromatic heterocycles. The van der Waals surface area contributed by atoms with Crippen LogP contribution >= 0.6 is 0 Å². The Morgan fingerprint density at radius 3 is 2.76 bits per heavy atom. The number of aromatic carboxylic acids is 1. The van der Waals surface area contributed by atoms with Crippen molar-refractivity contribution in [3.05, 3.63) is 53.9 Å². The first-order valence-electron chi connectivity index (χ1n) is 6.21. The SMILES string of the molecule is COc1ccccc1CC(=O)Nc1ccnc(C(=O)O)c1. The maximum Gasteiger partial charge on any atom is 0.354 e. The molecule has 0 unspecified atom stereocenters. The fourth-order valence-electron chi connectivity index (χ4n) is 1.85. The maximum absolute atomic E-state index is 12.0. The summed E-state index contributed by atoms with van der Waals surface area (Å²) < 4.78 is 5.18. The molecule has 0 saturated heterocycles. The molecule has 6 heteroatoms. The van der Waals surface area contributed by atoms with E-state index in [-0.39, 0.29) is 18.0 Å². The van der Waals surface area contributed by atoms with E-state index in [0.29, 0.717) is 11.4 Å². The highest BCUT2D eigenvalue weighted by Crippen LogP contribution is 2.18. The van der Waals surface area contributed by atoms with Crippen molar-refractivity contribution in [2.45, 2.75) is 6.42 Å². The Labute approximate surface area is 121 Å². The number of hydrogen-bond donors (Lipinski definition) is 2. The van der Waals surface area contributed by atoms with Crippen LogP contribution < -0.4 is 10.1 Å². The van der Waals surface area contributed by atoms with Crippen LogP contribution in [0.15, 0.2) is 42.6 Å². The molecule has 0 aliphatic rings. The Morgan fingerprint density at radius 1 is 1.29 bits per heavy atom. The zero-order chi connectivity index (χ0) is 15.2. The molecule has 6 nitrogen and oxygen atoms in total. The van der Waals surface area contributed by atoms with E-state index >= 15 is 0 Å².